The molecule has 0 fully saturated rings. The van der Waals surface area contributed by atoms with Gasteiger partial charge in [0.1, 0.15) is 23.0 Å². The van der Waals surface area contributed by atoms with Gasteiger partial charge in [-0.25, -0.2) is 18.0 Å². The highest BCUT2D eigenvalue weighted by Gasteiger charge is 2.16. The third-order valence-corrected chi connectivity index (χ3v) is 3.75. The monoisotopic (exact) mass is 375 g/mol. The maximum absolute atomic E-state index is 13.8. The second kappa shape index (κ2) is 7.32. The lowest BCUT2D eigenvalue weighted by atomic mass is 10.2. The number of H-pyrrole nitrogens is 1. The number of carbonyl (C=O) groups excluding carboxylic acids is 1. The molecule has 0 aliphatic rings. The van der Waals surface area contributed by atoms with Gasteiger partial charge in [0, 0.05) is 23.5 Å². The molecule has 0 aliphatic carbocycles. The maximum Gasteiger partial charge on any atom is 0.328 e. The van der Waals surface area contributed by atoms with Crippen molar-refractivity contribution in [1.82, 2.24) is 9.55 Å². The Kier molecular flexibility index (Phi) is 4.93. The van der Waals surface area contributed by atoms with E-state index in [9.17, 15) is 27.6 Å². The molecule has 9 heteroatoms. The fraction of sp³-hybridized carbons (Fsp3) is 0.0556. The first kappa shape index (κ1) is 18.2. The van der Waals surface area contributed by atoms with Gasteiger partial charge in [0.25, 0.3) is 11.5 Å². The zero-order valence-corrected chi connectivity index (χ0v) is 13.6. The van der Waals surface area contributed by atoms with Crippen LogP contribution in [0.5, 0.6) is 0 Å². The standard InChI is InChI=1S/C18H12F3N3O3/c19-11-3-5-13(6-4-11)23-16(25)14-8-22-18(27)24(17(14)26)9-10-1-2-12(20)7-15(10)21/h1-8H,9H2,(H,22,27)(H,23,25). The average molecular weight is 375 g/mol. The highest BCUT2D eigenvalue weighted by molar-refractivity contribution is 6.03. The van der Waals surface area contributed by atoms with Crippen LogP contribution in [0.15, 0.2) is 58.3 Å². The average Bonchev–Trinajstić information content (AvgIpc) is 2.62. The van der Waals surface area contributed by atoms with Crippen molar-refractivity contribution in [1.29, 1.82) is 0 Å². The van der Waals surface area contributed by atoms with Crippen molar-refractivity contribution in [2.45, 2.75) is 6.54 Å². The van der Waals surface area contributed by atoms with E-state index >= 15 is 0 Å². The van der Waals surface area contributed by atoms with Crippen LogP contribution in [-0.2, 0) is 6.54 Å². The summed E-state index contributed by atoms with van der Waals surface area (Å²) in [5.41, 5.74) is -2.08. The molecule has 3 rings (SSSR count). The van der Waals surface area contributed by atoms with Crippen molar-refractivity contribution in [3.8, 4) is 0 Å². The van der Waals surface area contributed by atoms with E-state index < -0.39 is 46.7 Å². The summed E-state index contributed by atoms with van der Waals surface area (Å²) in [5, 5.41) is 2.39. The molecule has 3 aromatic rings. The molecule has 1 aromatic heterocycles. The fourth-order valence-corrected chi connectivity index (χ4v) is 2.37. The first-order valence-corrected chi connectivity index (χ1v) is 7.68. The van der Waals surface area contributed by atoms with E-state index in [4.69, 9.17) is 0 Å². The number of hydrogen-bond acceptors (Lipinski definition) is 3. The van der Waals surface area contributed by atoms with Crippen LogP contribution in [0.25, 0.3) is 0 Å². The minimum Gasteiger partial charge on any atom is -0.322 e. The molecule has 0 unspecified atom stereocenters. The van der Waals surface area contributed by atoms with Crippen molar-refractivity contribution in [3.63, 3.8) is 0 Å². The number of aromatic amines is 1. The van der Waals surface area contributed by atoms with Gasteiger partial charge in [-0.3, -0.25) is 14.2 Å². The van der Waals surface area contributed by atoms with E-state index in [-0.39, 0.29) is 11.3 Å². The maximum atomic E-state index is 13.8. The summed E-state index contributed by atoms with van der Waals surface area (Å²) in [5.74, 6) is -3.07. The topological polar surface area (TPSA) is 84.0 Å². The number of nitrogens with one attached hydrogen (secondary N) is 2. The van der Waals surface area contributed by atoms with Gasteiger partial charge in [0.15, 0.2) is 0 Å². The quantitative estimate of drug-likeness (QED) is 0.734. The number of halogens is 3. The number of carbonyl (C=O) groups is 1. The van der Waals surface area contributed by atoms with Crippen molar-refractivity contribution >= 4 is 11.6 Å². The zero-order chi connectivity index (χ0) is 19.6. The van der Waals surface area contributed by atoms with E-state index in [0.717, 1.165) is 30.5 Å². The van der Waals surface area contributed by atoms with Gasteiger partial charge in [-0.2, -0.15) is 0 Å². The molecule has 0 bridgehead atoms. The molecule has 0 saturated carbocycles. The lowest BCUT2D eigenvalue weighted by molar-refractivity contribution is 0.102. The van der Waals surface area contributed by atoms with Crippen LogP contribution in [-0.4, -0.2) is 15.5 Å². The fourth-order valence-electron chi connectivity index (χ4n) is 2.37. The second-order valence-corrected chi connectivity index (χ2v) is 5.60. The molecule has 1 heterocycles. The first-order chi connectivity index (χ1) is 12.8. The van der Waals surface area contributed by atoms with Crippen molar-refractivity contribution < 1.29 is 18.0 Å². The molecule has 2 aromatic carbocycles. The Bertz CT molecular complexity index is 1120. The van der Waals surface area contributed by atoms with E-state index in [0.29, 0.717) is 10.6 Å². The molecule has 1 amide bonds. The van der Waals surface area contributed by atoms with E-state index in [1.165, 1.54) is 12.1 Å². The Hall–Kier alpha value is -3.62. The minimum atomic E-state index is -0.956. The Morgan fingerprint density at radius 3 is 2.33 bits per heavy atom. The van der Waals surface area contributed by atoms with E-state index in [2.05, 4.69) is 10.3 Å². The molecule has 0 spiro atoms. The summed E-state index contributed by atoms with van der Waals surface area (Å²) in [6, 6.07) is 7.55. The van der Waals surface area contributed by atoms with E-state index in [1.54, 1.807) is 0 Å². The second-order valence-electron chi connectivity index (χ2n) is 5.60. The predicted octanol–water partition coefficient (Wildman–Crippen LogP) is 2.25. The summed E-state index contributed by atoms with van der Waals surface area (Å²) < 4.78 is 40.3. The number of anilines is 1. The summed E-state index contributed by atoms with van der Waals surface area (Å²) >= 11 is 0. The Balaban J connectivity index is 1.93. The highest BCUT2D eigenvalue weighted by atomic mass is 19.1. The van der Waals surface area contributed by atoms with Crippen LogP contribution in [0.2, 0.25) is 0 Å². The molecular formula is C18H12F3N3O3. The molecule has 0 aliphatic heterocycles. The van der Waals surface area contributed by atoms with Crippen LogP contribution < -0.4 is 16.6 Å². The Morgan fingerprint density at radius 2 is 1.67 bits per heavy atom. The van der Waals surface area contributed by atoms with Gasteiger partial charge in [0.2, 0.25) is 0 Å². The van der Waals surface area contributed by atoms with Gasteiger partial charge in [-0.05, 0) is 30.3 Å². The number of benzene rings is 2. The van der Waals surface area contributed by atoms with Gasteiger partial charge in [0.05, 0.1) is 6.54 Å². The van der Waals surface area contributed by atoms with Gasteiger partial charge < -0.3 is 10.3 Å². The third-order valence-electron chi connectivity index (χ3n) is 3.75. The van der Waals surface area contributed by atoms with Gasteiger partial charge in [-0.1, -0.05) is 6.07 Å². The minimum absolute atomic E-state index is 0.0971. The predicted molar refractivity (Wildman–Crippen MR) is 91.1 cm³/mol. The van der Waals surface area contributed by atoms with Crippen molar-refractivity contribution in [2.75, 3.05) is 5.32 Å². The Morgan fingerprint density at radius 1 is 1.00 bits per heavy atom. The van der Waals surface area contributed by atoms with Gasteiger partial charge >= 0.3 is 5.69 Å². The van der Waals surface area contributed by atoms with Crippen molar-refractivity contribution in [2.24, 2.45) is 0 Å². The number of amides is 1. The normalized spacial score (nSPS) is 10.6. The number of nitrogens with zero attached hydrogens (tertiary/aromatic N) is 1. The SMILES string of the molecule is O=C(Nc1ccc(F)cc1)c1c[nH]c(=O)n(Cc2ccc(F)cc2F)c1=O. The number of hydrogen-bond donors (Lipinski definition) is 2. The van der Waals surface area contributed by atoms with Crippen LogP contribution in [0.4, 0.5) is 18.9 Å². The molecule has 0 saturated heterocycles. The lowest BCUT2D eigenvalue weighted by Crippen LogP contribution is -2.39. The largest absolute Gasteiger partial charge is 0.328 e. The zero-order valence-electron chi connectivity index (χ0n) is 13.6. The van der Waals surface area contributed by atoms with Crippen LogP contribution >= 0.6 is 0 Å². The number of rotatable bonds is 4. The first-order valence-electron chi connectivity index (χ1n) is 7.68. The molecule has 2 N–H and O–H groups in total. The summed E-state index contributed by atoms with van der Waals surface area (Å²) in [6.07, 6.45) is 0.932. The molecule has 0 atom stereocenters. The van der Waals surface area contributed by atoms with E-state index in [1.807, 2.05) is 0 Å². The smallest absolute Gasteiger partial charge is 0.322 e. The number of aromatic nitrogens is 2. The Labute approximate surface area is 149 Å². The molecule has 6 nitrogen and oxygen atoms in total. The molecule has 0 radical (unpaired) electrons. The van der Waals surface area contributed by atoms with Crippen LogP contribution in [0.1, 0.15) is 15.9 Å². The van der Waals surface area contributed by atoms with Gasteiger partial charge in [-0.15, -0.1) is 0 Å². The summed E-state index contributed by atoms with van der Waals surface area (Å²) in [4.78, 5) is 38.9. The third kappa shape index (κ3) is 3.97. The summed E-state index contributed by atoms with van der Waals surface area (Å²) in [7, 11) is 0. The molecular weight excluding hydrogens is 363 g/mol. The van der Waals surface area contributed by atoms with Crippen LogP contribution in [0, 0.1) is 17.5 Å². The highest BCUT2D eigenvalue weighted by Crippen LogP contribution is 2.11. The lowest BCUT2D eigenvalue weighted by Gasteiger charge is -2.09. The van der Waals surface area contributed by atoms with Crippen molar-refractivity contribution in [3.05, 3.63) is 98.1 Å². The molecule has 138 valence electrons. The molecule has 27 heavy (non-hydrogen) atoms. The summed E-state index contributed by atoms with van der Waals surface area (Å²) in [6.45, 7) is -0.488. The van der Waals surface area contributed by atoms with Crippen LogP contribution in [0.3, 0.4) is 0 Å².